The number of rotatable bonds is 5. The molecule has 2 atom stereocenters. The second kappa shape index (κ2) is 6.29. The highest BCUT2D eigenvalue weighted by atomic mass is 19.1. The van der Waals surface area contributed by atoms with Crippen molar-refractivity contribution in [2.45, 2.75) is 31.3 Å². The van der Waals surface area contributed by atoms with Crippen molar-refractivity contribution in [3.05, 3.63) is 67.3 Å². The van der Waals surface area contributed by atoms with E-state index in [4.69, 9.17) is 5.73 Å². The van der Waals surface area contributed by atoms with Crippen LogP contribution in [0.4, 0.5) is 4.39 Å². The van der Waals surface area contributed by atoms with E-state index in [1.54, 1.807) is 12.2 Å². The third-order valence-corrected chi connectivity index (χ3v) is 3.91. The molecule has 2 rings (SSSR count). The Morgan fingerprint density at radius 3 is 2.70 bits per heavy atom. The summed E-state index contributed by atoms with van der Waals surface area (Å²) >= 11 is 0. The maximum absolute atomic E-state index is 14.0. The molecule has 2 unspecified atom stereocenters. The third-order valence-electron chi connectivity index (χ3n) is 3.91. The van der Waals surface area contributed by atoms with Crippen molar-refractivity contribution in [1.82, 2.24) is 5.32 Å². The molecule has 9 heteroatoms. The van der Waals surface area contributed by atoms with Crippen LogP contribution in [-0.4, -0.2) is 28.0 Å². The summed E-state index contributed by atoms with van der Waals surface area (Å²) in [5, 5.41) is 24.7. The number of halogens is 1. The zero-order valence-electron chi connectivity index (χ0n) is 12.5. The molecule has 2 aliphatic carbocycles. The van der Waals surface area contributed by atoms with E-state index in [1.165, 1.54) is 0 Å². The maximum atomic E-state index is 14.0. The van der Waals surface area contributed by atoms with Crippen LogP contribution in [0.1, 0.15) is 19.8 Å². The zero-order chi connectivity index (χ0) is 17.2. The molecule has 0 spiro atoms. The fourth-order valence-corrected chi connectivity index (χ4v) is 2.70. The minimum absolute atomic E-state index is 0.0509. The van der Waals surface area contributed by atoms with Gasteiger partial charge in [0.05, 0.1) is 4.92 Å². The normalized spacial score (nSPS) is 27.5. The first kappa shape index (κ1) is 16.8. The molecule has 0 aromatic rings. The zero-order valence-corrected chi connectivity index (χ0v) is 12.5. The van der Waals surface area contributed by atoms with E-state index >= 15 is 0 Å². The van der Waals surface area contributed by atoms with Gasteiger partial charge in [0, 0.05) is 29.5 Å². The largest absolute Gasteiger partial charge is 0.402 e. The smallest absolute Gasteiger partial charge is 0.300 e. The summed E-state index contributed by atoms with van der Waals surface area (Å²) in [4.78, 5) is 20.3. The molecule has 0 aromatic heterocycles. The SMILES string of the molecule is CC1=C(N)CC(NC2(C[N+](=O)[O-])C=C(F)C([N+](=O)[O-])=CC2)C=C1. The fourth-order valence-electron chi connectivity index (χ4n) is 2.70. The molecule has 124 valence electrons. The van der Waals surface area contributed by atoms with Crippen molar-refractivity contribution in [2.75, 3.05) is 6.54 Å². The number of allylic oxidation sites excluding steroid dienone is 3. The molecule has 0 bridgehead atoms. The molecule has 0 aliphatic heterocycles. The monoisotopic (exact) mass is 324 g/mol. The summed E-state index contributed by atoms with van der Waals surface area (Å²) in [5.41, 5.74) is 5.43. The van der Waals surface area contributed by atoms with Crippen molar-refractivity contribution in [1.29, 1.82) is 0 Å². The van der Waals surface area contributed by atoms with Crippen LogP contribution in [0.5, 0.6) is 0 Å². The highest BCUT2D eigenvalue weighted by molar-refractivity contribution is 5.33. The van der Waals surface area contributed by atoms with Crippen LogP contribution >= 0.6 is 0 Å². The Balaban J connectivity index is 2.24. The average Bonchev–Trinajstić information content (AvgIpc) is 2.41. The molecule has 0 fully saturated rings. The Kier molecular flexibility index (Phi) is 4.60. The predicted molar refractivity (Wildman–Crippen MR) is 81.0 cm³/mol. The van der Waals surface area contributed by atoms with Gasteiger partial charge in [-0.25, -0.2) is 0 Å². The van der Waals surface area contributed by atoms with Gasteiger partial charge in [-0.3, -0.25) is 25.5 Å². The second-order valence-electron chi connectivity index (χ2n) is 5.71. The lowest BCUT2D eigenvalue weighted by atomic mass is 9.87. The number of nitro groups is 2. The van der Waals surface area contributed by atoms with Crippen LogP contribution in [0.25, 0.3) is 0 Å². The lowest BCUT2D eigenvalue weighted by molar-refractivity contribution is -0.489. The average molecular weight is 324 g/mol. The van der Waals surface area contributed by atoms with Gasteiger partial charge >= 0.3 is 5.70 Å². The van der Waals surface area contributed by atoms with Crippen molar-refractivity contribution in [3.8, 4) is 0 Å². The first-order chi connectivity index (χ1) is 10.7. The molecule has 0 aromatic carbocycles. The van der Waals surface area contributed by atoms with Gasteiger partial charge in [-0.1, -0.05) is 12.2 Å². The van der Waals surface area contributed by atoms with Crippen molar-refractivity contribution >= 4 is 0 Å². The maximum Gasteiger partial charge on any atom is 0.300 e. The van der Waals surface area contributed by atoms with E-state index in [0.717, 1.165) is 17.7 Å². The third kappa shape index (κ3) is 3.81. The summed E-state index contributed by atoms with van der Waals surface area (Å²) in [6, 6.07) is -0.312. The highest BCUT2D eigenvalue weighted by Gasteiger charge is 2.40. The number of nitrogens with two attached hydrogens (primary N) is 1. The summed E-state index contributed by atoms with van der Waals surface area (Å²) < 4.78 is 14.0. The Morgan fingerprint density at radius 2 is 2.17 bits per heavy atom. The van der Waals surface area contributed by atoms with E-state index in [-0.39, 0.29) is 12.5 Å². The van der Waals surface area contributed by atoms with E-state index < -0.39 is 33.5 Å². The lowest BCUT2D eigenvalue weighted by Gasteiger charge is -2.33. The number of nitrogens with zero attached hydrogens (tertiary/aromatic N) is 2. The van der Waals surface area contributed by atoms with Crippen LogP contribution in [0.2, 0.25) is 0 Å². The summed E-state index contributed by atoms with van der Waals surface area (Å²) in [6.07, 6.45) is 5.98. The highest BCUT2D eigenvalue weighted by Crippen LogP contribution is 2.29. The Morgan fingerprint density at radius 1 is 1.48 bits per heavy atom. The number of nitrogens with one attached hydrogen (secondary N) is 1. The minimum Gasteiger partial charge on any atom is -0.402 e. The summed E-state index contributed by atoms with van der Waals surface area (Å²) in [7, 11) is 0. The fraction of sp³-hybridized carbons (Fsp3) is 0.429. The Hall–Kier alpha value is -2.55. The summed E-state index contributed by atoms with van der Waals surface area (Å²) in [5.74, 6) is -1.07. The second-order valence-corrected chi connectivity index (χ2v) is 5.71. The topological polar surface area (TPSA) is 124 Å². The first-order valence-corrected chi connectivity index (χ1v) is 6.98. The molecule has 0 saturated carbocycles. The van der Waals surface area contributed by atoms with Crippen LogP contribution in [0.3, 0.4) is 0 Å². The van der Waals surface area contributed by atoms with Crippen LogP contribution in [0, 0.1) is 20.2 Å². The van der Waals surface area contributed by atoms with E-state index in [2.05, 4.69) is 5.32 Å². The Bertz CT molecular complexity index is 668. The number of hydrogen-bond acceptors (Lipinski definition) is 6. The van der Waals surface area contributed by atoms with Gasteiger partial charge in [0.1, 0.15) is 5.54 Å². The van der Waals surface area contributed by atoms with Crippen LogP contribution < -0.4 is 11.1 Å². The Labute approximate surface area is 131 Å². The molecule has 0 amide bonds. The molecule has 0 saturated heterocycles. The van der Waals surface area contributed by atoms with E-state index in [9.17, 15) is 24.6 Å². The van der Waals surface area contributed by atoms with E-state index in [1.807, 2.05) is 6.92 Å². The van der Waals surface area contributed by atoms with Crippen LogP contribution in [0.15, 0.2) is 47.1 Å². The molecule has 0 radical (unpaired) electrons. The standard InChI is InChI=1S/C14H17FN4O4/c1-9-2-3-10(6-12(9)16)17-14(8-18(20)21)5-4-13(19(22)23)11(15)7-14/h2-4,7,10,17H,5-6,8,16H2,1H3. The quantitative estimate of drug-likeness (QED) is 0.584. The first-order valence-electron chi connectivity index (χ1n) is 6.98. The van der Waals surface area contributed by atoms with E-state index in [0.29, 0.717) is 12.1 Å². The molecular weight excluding hydrogens is 307 g/mol. The van der Waals surface area contributed by atoms with Crippen LogP contribution in [-0.2, 0) is 0 Å². The van der Waals surface area contributed by atoms with Gasteiger partial charge in [0.15, 0.2) is 5.83 Å². The van der Waals surface area contributed by atoms with Crippen molar-refractivity contribution < 1.29 is 14.2 Å². The lowest BCUT2D eigenvalue weighted by Crippen LogP contribution is -2.54. The van der Waals surface area contributed by atoms with Gasteiger partial charge < -0.3 is 5.73 Å². The summed E-state index contributed by atoms with van der Waals surface area (Å²) in [6.45, 7) is 1.26. The molecule has 2 aliphatic rings. The van der Waals surface area contributed by atoms with Crippen molar-refractivity contribution in [3.63, 3.8) is 0 Å². The predicted octanol–water partition coefficient (Wildman–Crippen LogP) is 1.57. The van der Waals surface area contributed by atoms with Gasteiger partial charge in [0.25, 0.3) is 0 Å². The molecular formula is C14H17FN4O4. The number of hydrogen-bond donors (Lipinski definition) is 2. The van der Waals surface area contributed by atoms with Gasteiger partial charge in [-0.2, -0.15) is 4.39 Å². The molecule has 23 heavy (non-hydrogen) atoms. The van der Waals surface area contributed by atoms with Gasteiger partial charge in [-0.15, -0.1) is 0 Å². The molecule has 3 N–H and O–H groups in total. The van der Waals surface area contributed by atoms with Gasteiger partial charge in [-0.05, 0) is 24.6 Å². The molecule has 0 heterocycles. The van der Waals surface area contributed by atoms with Gasteiger partial charge in [0.2, 0.25) is 6.54 Å². The minimum atomic E-state index is -1.33. The molecule has 8 nitrogen and oxygen atoms in total. The van der Waals surface area contributed by atoms with Crippen molar-refractivity contribution in [2.24, 2.45) is 5.73 Å².